The van der Waals surface area contributed by atoms with Gasteiger partial charge in [0, 0.05) is 19.3 Å². The number of carbonyl (C=O) groups excluding carboxylic acids is 4. The van der Waals surface area contributed by atoms with Gasteiger partial charge in [-0.15, -0.1) is 0 Å². The van der Waals surface area contributed by atoms with Gasteiger partial charge in [0.2, 0.25) is 0 Å². The molecular weight excluding hydrogens is 915 g/mol. The number of hydrogen-bond acceptors (Lipinski definition) is 15. The van der Waals surface area contributed by atoms with Crippen LogP contribution >= 0.6 is 0 Å². The lowest BCUT2D eigenvalue weighted by molar-refractivity contribution is -0.167. The Morgan fingerprint density at radius 3 is 1.27 bits per heavy atom. The van der Waals surface area contributed by atoms with Gasteiger partial charge in [-0.1, -0.05) is 147 Å². The van der Waals surface area contributed by atoms with Crippen LogP contribution in [-0.4, -0.2) is 106 Å². The van der Waals surface area contributed by atoms with E-state index < -0.39 is 85.8 Å². The van der Waals surface area contributed by atoms with Crippen LogP contribution in [0.15, 0.2) is 24.3 Å². The van der Waals surface area contributed by atoms with Crippen molar-refractivity contribution < 1.29 is 63.1 Å². The molecule has 2 unspecified atom stereocenters. The van der Waals surface area contributed by atoms with Crippen molar-refractivity contribution >= 4 is 41.6 Å². The first-order chi connectivity index (χ1) is 32.9. The maximum atomic E-state index is 13.2. The average Bonchev–Trinajstić information content (AvgIpc) is 3.30. The highest BCUT2D eigenvalue weighted by Crippen LogP contribution is 2.18. The summed E-state index contributed by atoms with van der Waals surface area (Å²) in [6.45, 7) is 2.77. The fourth-order valence-corrected chi connectivity index (χ4v) is 7.83. The number of hydrogen-bond donors (Lipinski definition) is 7. The van der Waals surface area contributed by atoms with Crippen molar-refractivity contribution in [3.05, 3.63) is 24.3 Å². The third kappa shape index (κ3) is 44.2. The first kappa shape index (κ1) is 73.3. The number of carbonyl (C=O) groups is 7. The number of ketones is 1. The monoisotopic (exact) mass is 1020 g/mol. The van der Waals surface area contributed by atoms with Gasteiger partial charge in [-0.3, -0.25) is 38.5 Å². The van der Waals surface area contributed by atoms with Gasteiger partial charge in [-0.2, -0.15) is 0 Å². The molecule has 0 bridgehead atoms. The molecule has 416 valence electrons. The van der Waals surface area contributed by atoms with E-state index in [0.29, 0.717) is 24.2 Å². The zero-order chi connectivity index (χ0) is 50.5. The molecule has 71 heavy (non-hydrogen) atoms. The SMILES string of the molecule is CCCCCCCC/C=C/CCCCCCCC(=O)OC[C@H](COC(=O)CCC(=O)C(C(=O)O)N(CC(=O)O)C(CCCCN)C(=O)O)OC(=O)CCCCCCC/C=C/CCCCCCCC.N.N.N. The smallest absolute Gasteiger partial charge is 0.328 e. The molecule has 0 aromatic carbocycles. The second kappa shape index (κ2) is 52.1. The largest absolute Gasteiger partial charge is 0.480 e. The molecule has 0 saturated carbocycles. The molecule has 0 heterocycles. The van der Waals surface area contributed by atoms with Crippen LogP contribution in [0, 0.1) is 0 Å². The normalized spacial score (nSPS) is 12.3. The number of nitrogens with zero attached hydrogens (tertiary/aromatic N) is 1. The number of unbranched alkanes of at least 4 members (excludes halogenated alkanes) is 23. The first-order valence-corrected chi connectivity index (χ1v) is 26.3. The van der Waals surface area contributed by atoms with Crippen molar-refractivity contribution in [2.24, 2.45) is 5.73 Å². The molecule has 0 aromatic rings. The molecule has 0 aromatic heterocycles. The zero-order valence-electron chi connectivity index (χ0n) is 44.3. The molecule has 18 nitrogen and oxygen atoms in total. The van der Waals surface area contributed by atoms with E-state index >= 15 is 0 Å². The first-order valence-electron chi connectivity index (χ1n) is 26.3. The molecule has 0 saturated heterocycles. The predicted octanol–water partition coefficient (Wildman–Crippen LogP) is 11.3. The molecule has 0 rings (SSSR count). The highest BCUT2D eigenvalue weighted by Gasteiger charge is 2.40. The lowest BCUT2D eigenvalue weighted by Gasteiger charge is -2.31. The van der Waals surface area contributed by atoms with Crippen LogP contribution in [0.3, 0.4) is 0 Å². The predicted molar refractivity (Wildman–Crippen MR) is 280 cm³/mol. The van der Waals surface area contributed by atoms with Gasteiger partial charge in [0.15, 0.2) is 17.9 Å². The van der Waals surface area contributed by atoms with Crippen molar-refractivity contribution in [1.29, 1.82) is 0 Å². The van der Waals surface area contributed by atoms with Crippen molar-refractivity contribution in [1.82, 2.24) is 23.4 Å². The number of rotatable bonds is 49. The Kier molecular flexibility index (Phi) is 53.8. The minimum Gasteiger partial charge on any atom is -0.480 e. The van der Waals surface area contributed by atoms with Crippen LogP contribution in [-0.2, 0) is 47.8 Å². The second-order valence-corrected chi connectivity index (χ2v) is 18.1. The maximum absolute atomic E-state index is 13.2. The Morgan fingerprint density at radius 2 is 0.873 bits per heavy atom. The molecule has 0 aliphatic rings. The van der Waals surface area contributed by atoms with Gasteiger partial charge in [0.25, 0.3) is 0 Å². The van der Waals surface area contributed by atoms with Crippen molar-refractivity contribution in [3.63, 3.8) is 0 Å². The number of Topliss-reactive ketones (excluding diaryl/α,β-unsaturated/α-hetero) is 1. The van der Waals surface area contributed by atoms with E-state index in [1.807, 2.05) is 0 Å². The van der Waals surface area contributed by atoms with Crippen LogP contribution in [0.25, 0.3) is 0 Å². The number of aliphatic carboxylic acids is 3. The maximum Gasteiger partial charge on any atom is 0.328 e. The minimum absolute atomic E-state index is 0. The van der Waals surface area contributed by atoms with E-state index in [2.05, 4.69) is 38.2 Å². The Morgan fingerprint density at radius 1 is 0.479 bits per heavy atom. The highest BCUT2D eigenvalue weighted by molar-refractivity contribution is 6.04. The van der Waals surface area contributed by atoms with E-state index in [4.69, 9.17) is 19.9 Å². The molecule has 14 N–H and O–H groups in total. The highest BCUT2D eigenvalue weighted by atomic mass is 16.6. The molecule has 18 heteroatoms. The van der Waals surface area contributed by atoms with Crippen LogP contribution in [0.2, 0.25) is 0 Å². The molecular formula is C53H101N5O13. The number of carboxylic acids is 3. The van der Waals surface area contributed by atoms with Gasteiger partial charge in [-0.25, -0.2) is 0 Å². The molecule has 0 spiro atoms. The molecule has 0 radical (unpaired) electrons. The molecule has 0 aliphatic carbocycles. The number of nitrogens with two attached hydrogens (primary N) is 1. The van der Waals surface area contributed by atoms with Crippen molar-refractivity contribution in [3.8, 4) is 0 Å². The Hall–Kier alpha value is -4.23. The summed E-state index contributed by atoms with van der Waals surface area (Å²) in [6, 6.07) is -3.78. The summed E-state index contributed by atoms with van der Waals surface area (Å²) >= 11 is 0. The lowest BCUT2D eigenvalue weighted by atomic mass is 10.0. The summed E-state index contributed by atoms with van der Waals surface area (Å²) in [5.41, 5.74) is 5.49. The Labute approximate surface area is 427 Å². The topological polar surface area (TPSA) is 342 Å². The van der Waals surface area contributed by atoms with Gasteiger partial charge in [0.05, 0.1) is 13.0 Å². The summed E-state index contributed by atoms with van der Waals surface area (Å²) < 4.78 is 16.3. The number of ether oxygens (including phenoxy) is 3. The van der Waals surface area contributed by atoms with Gasteiger partial charge in [0.1, 0.15) is 19.3 Å². The van der Waals surface area contributed by atoms with Gasteiger partial charge in [-0.05, 0) is 83.6 Å². The standard InChI is InChI=1S/C53H92N2O13.3H3N/c1-3-5-7-9-11-13-15-17-19-21-23-25-27-29-31-36-48(59)66-42-44(68-50(61)37-32-30-28-26-24-22-20-18-16-14-12-10-8-6-4-2)43-67-49(60)39-38-46(56)51(53(64)65)55(41-47(57)58)45(52(62)63)35-33-34-40-54;;;/h17-20,44-45,51H,3-16,21-43,54H2,1-2H3,(H,57,58)(H,62,63)(H,64,65);3*1H3/b19-17+,20-18+;;;/t44-,45?,51?;;;/m1.../s1. The summed E-state index contributed by atoms with van der Waals surface area (Å²) in [5.74, 6) is -7.89. The van der Waals surface area contributed by atoms with E-state index in [9.17, 15) is 48.9 Å². The molecule has 3 atom stereocenters. The number of carboxylic acid groups (broad SMARTS) is 3. The number of esters is 3. The fourth-order valence-electron chi connectivity index (χ4n) is 7.83. The van der Waals surface area contributed by atoms with E-state index in [0.717, 1.165) is 77.0 Å². The van der Waals surface area contributed by atoms with Crippen LogP contribution in [0.4, 0.5) is 0 Å². The van der Waals surface area contributed by atoms with Crippen LogP contribution < -0.4 is 24.2 Å². The van der Waals surface area contributed by atoms with Crippen LogP contribution in [0.1, 0.15) is 226 Å². The minimum atomic E-state index is -2.16. The van der Waals surface area contributed by atoms with E-state index in [1.54, 1.807) is 0 Å². The third-order valence-electron chi connectivity index (χ3n) is 11.8. The Bertz CT molecular complexity index is 1430. The summed E-state index contributed by atoms with van der Waals surface area (Å²) in [5, 5.41) is 29.2. The van der Waals surface area contributed by atoms with Crippen molar-refractivity contribution in [2.45, 2.75) is 244 Å². The van der Waals surface area contributed by atoms with Gasteiger partial charge >= 0.3 is 35.8 Å². The number of allylic oxidation sites excluding steroid dienone is 4. The zero-order valence-corrected chi connectivity index (χ0v) is 44.3. The van der Waals surface area contributed by atoms with Gasteiger partial charge < -0.3 is 53.7 Å². The fraction of sp³-hybridized carbons (Fsp3) is 0.792. The molecule has 0 aliphatic heterocycles. The summed E-state index contributed by atoms with van der Waals surface area (Å²) in [7, 11) is 0. The Balaban J connectivity index is -0.00000748. The summed E-state index contributed by atoms with van der Waals surface area (Å²) in [4.78, 5) is 88.1. The van der Waals surface area contributed by atoms with Crippen molar-refractivity contribution in [2.75, 3.05) is 26.3 Å². The third-order valence-corrected chi connectivity index (χ3v) is 11.8. The van der Waals surface area contributed by atoms with E-state index in [-0.39, 0.29) is 57.3 Å². The van der Waals surface area contributed by atoms with E-state index in [1.165, 1.54) is 77.0 Å². The summed E-state index contributed by atoms with van der Waals surface area (Å²) in [6.07, 6.45) is 36.4. The lowest BCUT2D eigenvalue weighted by Crippen LogP contribution is -2.56. The average molecular weight is 1020 g/mol. The second-order valence-electron chi connectivity index (χ2n) is 18.1. The van der Waals surface area contributed by atoms with Crippen LogP contribution in [0.5, 0.6) is 0 Å². The quantitative estimate of drug-likeness (QED) is 0.00978. The molecule has 0 fully saturated rings. The molecule has 0 amide bonds.